The van der Waals surface area contributed by atoms with Crippen molar-refractivity contribution in [1.82, 2.24) is 15.6 Å². The van der Waals surface area contributed by atoms with Crippen LogP contribution in [0.15, 0.2) is 17.4 Å². The fraction of sp³-hybridized carbons (Fsp3) is 0.333. The summed E-state index contributed by atoms with van der Waals surface area (Å²) in [7, 11) is 0. The lowest BCUT2D eigenvalue weighted by Gasteiger charge is -1.99. The van der Waals surface area contributed by atoms with Crippen LogP contribution in [0.25, 0.3) is 0 Å². The first kappa shape index (κ1) is 7.74. The smallest absolute Gasteiger partial charge is 0.145 e. The first-order valence-corrected chi connectivity index (χ1v) is 3.38. The maximum atomic E-state index is 5.23. The van der Waals surface area contributed by atoms with E-state index in [9.17, 15) is 0 Å². The Hall–Kier alpha value is -1.36. The van der Waals surface area contributed by atoms with E-state index in [1.165, 1.54) is 0 Å². The molecule has 0 radical (unpaired) electrons. The van der Waals surface area contributed by atoms with Crippen LogP contribution in [0.5, 0.6) is 0 Å². The summed E-state index contributed by atoms with van der Waals surface area (Å²) in [5, 5.41) is 6.45. The summed E-state index contributed by atoms with van der Waals surface area (Å²) in [6.07, 6.45) is 3.39. The zero-order valence-corrected chi connectivity index (χ0v) is 6.33. The Labute approximate surface area is 64.7 Å². The van der Waals surface area contributed by atoms with E-state index in [-0.39, 0.29) is 0 Å². The average Bonchev–Trinajstić information content (AvgIpc) is 2.52. The van der Waals surface area contributed by atoms with Gasteiger partial charge in [0.2, 0.25) is 0 Å². The molecule has 0 saturated heterocycles. The second-order valence-corrected chi connectivity index (χ2v) is 1.95. The molecule has 1 aromatic heterocycles. The van der Waals surface area contributed by atoms with Crippen molar-refractivity contribution in [2.45, 2.75) is 6.92 Å². The SMILES string of the molecule is CCN=C(NN)c1cn[nH]c1. The molecule has 1 rings (SSSR count). The number of nitrogens with two attached hydrogens (primary N) is 1. The van der Waals surface area contributed by atoms with Crippen LogP contribution in [0.3, 0.4) is 0 Å². The van der Waals surface area contributed by atoms with E-state index in [2.05, 4.69) is 20.6 Å². The normalized spacial score (nSPS) is 11.6. The van der Waals surface area contributed by atoms with Gasteiger partial charge in [-0.3, -0.25) is 10.1 Å². The van der Waals surface area contributed by atoms with Crippen LogP contribution < -0.4 is 11.3 Å². The van der Waals surface area contributed by atoms with Gasteiger partial charge >= 0.3 is 0 Å². The molecule has 1 heterocycles. The molecule has 0 bridgehead atoms. The van der Waals surface area contributed by atoms with Gasteiger partial charge in [0.1, 0.15) is 5.84 Å². The number of hydrogen-bond acceptors (Lipinski definition) is 3. The molecule has 0 amide bonds. The molecule has 0 atom stereocenters. The Morgan fingerprint density at radius 2 is 2.73 bits per heavy atom. The molecule has 0 saturated carbocycles. The van der Waals surface area contributed by atoms with E-state index >= 15 is 0 Å². The van der Waals surface area contributed by atoms with E-state index in [4.69, 9.17) is 5.84 Å². The summed E-state index contributed by atoms with van der Waals surface area (Å²) in [4.78, 5) is 4.11. The summed E-state index contributed by atoms with van der Waals surface area (Å²) >= 11 is 0. The monoisotopic (exact) mass is 153 g/mol. The lowest BCUT2D eigenvalue weighted by molar-refractivity contribution is 0.992. The first-order chi connectivity index (χ1) is 5.38. The molecule has 0 aliphatic rings. The third-order valence-electron chi connectivity index (χ3n) is 1.22. The zero-order valence-electron chi connectivity index (χ0n) is 6.33. The Morgan fingerprint density at radius 3 is 3.18 bits per heavy atom. The summed E-state index contributed by atoms with van der Waals surface area (Å²) in [6.45, 7) is 2.64. The maximum Gasteiger partial charge on any atom is 0.145 e. The predicted molar refractivity (Wildman–Crippen MR) is 43.0 cm³/mol. The molecule has 1 aromatic rings. The number of H-pyrrole nitrogens is 1. The van der Waals surface area contributed by atoms with E-state index in [0.717, 1.165) is 5.56 Å². The lowest BCUT2D eigenvalue weighted by Crippen LogP contribution is -2.30. The van der Waals surface area contributed by atoms with Crippen LogP contribution in [-0.4, -0.2) is 22.6 Å². The quantitative estimate of drug-likeness (QED) is 0.235. The summed E-state index contributed by atoms with van der Waals surface area (Å²) < 4.78 is 0. The Kier molecular flexibility index (Phi) is 2.62. The highest BCUT2D eigenvalue weighted by Gasteiger charge is 1.99. The van der Waals surface area contributed by atoms with Gasteiger partial charge in [-0.05, 0) is 6.92 Å². The number of aromatic nitrogens is 2. The molecule has 60 valence electrons. The number of amidine groups is 1. The second kappa shape index (κ2) is 3.72. The standard InChI is InChI=1S/C6H11N5/c1-2-8-6(11-7)5-3-9-10-4-5/h3-4H,2,7H2,1H3,(H,8,11)(H,9,10). The van der Waals surface area contributed by atoms with Crippen molar-refractivity contribution in [3.63, 3.8) is 0 Å². The van der Waals surface area contributed by atoms with Crippen molar-refractivity contribution in [2.24, 2.45) is 10.8 Å². The van der Waals surface area contributed by atoms with Crippen molar-refractivity contribution in [3.8, 4) is 0 Å². The second-order valence-electron chi connectivity index (χ2n) is 1.95. The van der Waals surface area contributed by atoms with E-state index in [0.29, 0.717) is 12.4 Å². The van der Waals surface area contributed by atoms with Crippen LogP contribution in [-0.2, 0) is 0 Å². The number of hydrazine groups is 1. The Bertz CT molecular complexity index is 225. The predicted octanol–water partition coefficient (Wildman–Crippen LogP) is -0.360. The van der Waals surface area contributed by atoms with Gasteiger partial charge in [-0.25, -0.2) is 5.84 Å². The van der Waals surface area contributed by atoms with Crippen molar-refractivity contribution < 1.29 is 0 Å². The molecule has 5 nitrogen and oxygen atoms in total. The van der Waals surface area contributed by atoms with Crippen molar-refractivity contribution >= 4 is 5.84 Å². The molecule has 0 aromatic carbocycles. The molecular weight excluding hydrogens is 142 g/mol. The van der Waals surface area contributed by atoms with Gasteiger partial charge in [0.15, 0.2) is 0 Å². The molecule has 0 aliphatic heterocycles. The van der Waals surface area contributed by atoms with Gasteiger partial charge in [0.25, 0.3) is 0 Å². The molecule has 4 N–H and O–H groups in total. The number of aromatic amines is 1. The largest absolute Gasteiger partial charge is 0.308 e. The van der Waals surface area contributed by atoms with Gasteiger partial charge < -0.3 is 5.43 Å². The number of nitrogens with zero attached hydrogens (tertiary/aromatic N) is 2. The minimum absolute atomic E-state index is 0.654. The topological polar surface area (TPSA) is 79.1 Å². The summed E-state index contributed by atoms with van der Waals surface area (Å²) in [5.41, 5.74) is 3.37. The number of rotatable bonds is 2. The third-order valence-corrected chi connectivity index (χ3v) is 1.22. The fourth-order valence-electron chi connectivity index (χ4n) is 0.759. The van der Waals surface area contributed by atoms with Crippen LogP contribution in [0.2, 0.25) is 0 Å². The highest BCUT2D eigenvalue weighted by molar-refractivity contribution is 5.97. The highest BCUT2D eigenvalue weighted by atomic mass is 15.3. The van der Waals surface area contributed by atoms with Crippen LogP contribution in [0.1, 0.15) is 12.5 Å². The average molecular weight is 153 g/mol. The van der Waals surface area contributed by atoms with Gasteiger partial charge in [-0.1, -0.05) is 0 Å². The zero-order chi connectivity index (χ0) is 8.10. The first-order valence-electron chi connectivity index (χ1n) is 3.38. The van der Waals surface area contributed by atoms with E-state index in [1.807, 2.05) is 6.92 Å². The fourth-order valence-corrected chi connectivity index (χ4v) is 0.759. The maximum absolute atomic E-state index is 5.23. The minimum Gasteiger partial charge on any atom is -0.308 e. The Morgan fingerprint density at radius 1 is 1.91 bits per heavy atom. The molecule has 11 heavy (non-hydrogen) atoms. The summed E-state index contributed by atoms with van der Waals surface area (Å²) in [6, 6.07) is 0. The lowest BCUT2D eigenvalue weighted by atomic mass is 10.3. The molecule has 0 aliphatic carbocycles. The van der Waals surface area contributed by atoms with Crippen LogP contribution >= 0.6 is 0 Å². The van der Waals surface area contributed by atoms with Crippen molar-refractivity contribution in [1.29, 1.82) is 0 Å². The molecule has 0 spiro atoms. The van der Waals surface area contributed by atoms with Gasteiger partial charge in [0, 0.05) is 12.7 Å². The van der Waals surface area contributed by atoms with Gasteiger partial charge in [-0.2, -0.15) is 5.10 Å². The molecule has 0 fully saturated rings. The minimum atomic E-state index is 0.654. The summed E-state index contributed by atoms with van der Waals surface area (Å²) in [5.74, 6) is 5.88. The van der Waals surface area contributed by atoms with Gasteiger partial charge in [-0.15, -0.1) is 0 Å². The van der Waals surface area contributed by atoms with Crippen molar-refractivity contribution in [3.05, 3.63) is 18.0 Å². The van der Waals surface area contributed by atoms with E-state index in [1.54, 1.807) is 12.4 Å². The molecule has 0 unspecified atom stereocenters. The number of hydrogen-bond donors (Lipinski definition) is 3. The molecule has 5 heteroatoms. The number of aliphatic imine (C=N–C) groups is 1. The number of nitrogens with one attached hydrogen (secondary N) is 2. The van der Waals surface area contributed by atoms with Crippen molar-refractivity contribution in [2.75, 3.05) is 6.54 Å². The van der Waals surface area contributed by atoms with Gasteiger partial charge in [0.05, 0.1) is 11.8 Å². The highest BCUT2D eigenvalue weighted by Crippen LogP contribution is 1.93. The van der Waals surface area contributed by atoms with Crippen LogP contribution in [0, 0.1) is 0 Å². The van der Waals surface area contributed by atoms with Crippen LogP contribution in [0.4, 0.5) is 0 Å². The van der Waals surface area contributed by atoms with E-state index < -0.39 is 0 Å². The Balaban J connectivity index is 2.79. The molecular formula is C6H11N5. The third kappa shape index (κ3) is 1.78.